The molecule has 2 rings (SSSR count). The van der Waals surface area contributed by atoms with Crippen molar-refractivity contribution in [2.45, 2.75) is 19.4 Å². The third kappa shape index (κ3) is 5.66. The van der Waals surface area contributed by atoms with Crippen LogP contribution in [-0.4, -0.2) is 109 Å². The van der Waals surface area contributed by atoms with E-state index in [1.54, 1.807) is 0 Å². The van der Waals surface area contributed by atoms with E-state index < -0.39 is 5.60 Å². The van der Waals surface area contributed by atoms with E-state index in [0.717, 1.165) is 32.7 Å². The summed E-state index contributed by atoms with van der Waals surface area (Å²) in [6.07, 6.45) is 0. The summed E-state index contributed by atoms with van der Waals surface area (Å²) in [5.41, 5.74) is -0.567. The summed E-state index contributed by atoms with van der Waals surface area (Å²) in [7, 11) is 2.21. The van der Waals surface area contributed by atoms with Gasteiger partial charge in [-0.2, -0.15) is 0 Å². The lowest BCUT2D eigenvalue weighted by molar-refractivity contribution is 0.0159. The fourth-order valence-corrected chi connectivity index (χ4v) is 3.07. The zero-order valence-electron chi connectivity index (χ0n) is 13.5. The van der Waals surface area contributed by atoms with Gasteiger partial charge in [0.1, 0.15) is 0 Å². The van der Waals surface area contributed by atoms with Crippen LogP contribution in [0.5, 0.6) is 0 Å². The topological polar surface area (TPSA) is 33.2 Å². The van der Waals surface area contributed by atoms with Crippen LogP contribution < -0.4 is 0 Å². The van der Waals surface area contributed by atoms with Crippen LogP contribution in [-0.2, 0) is 0 Å². The molecule has 2 fully saturated rings. The predicted octanol–water partition coefficient (Wildman–Crippen LogP) is -0.378. The van der Waals surface area contributed by atoms with Crippen molar-refractivity contribution < 1.29 is 5.11 Å². The lowest BCUT2D eigenvalue weighted by Crippen LogP contribution is -2.52. The quantitative estimate of drug-likeness (QED) is 0.744. The van der Waals surface area contributed by atoms with Gasteiger partial charge >= 0.3 is 0 Å². The van der Waals surface area contributed by atoms with E-state index in [0.29, 0.717) is 0 Å². The van der Waals surface area contributed by atoms with Gasteiger partial charge in [-0.1, -0.05) is 0 Å². The summed E-state index contributed by atoms with van der Waals surface area (Å²) in [4.78, 5) is 9.95. The van der Waals surface area contributed by atoms with E-state index in [4.69, 9.17) is 0 Å². The number of likely N-dealkylation sites (N-methyl/N-ethyl adjacent to an activating group) is 1. The van der Waals surface area contributed by atoms with Gasteiger partial charge in [-0.05, 0) is 20.9 Å². The van der Waals surface area contributed by atoms with E-state index in [9.17, 15) is 5.11 Å². The zero-order chi connectivity index (χ0) is 14.6. The standard InChI is InChI=1S/C15H32N4O/c1-15(2,20)14-19-12-10-18(11-13-19)9-8-17-6-4-16(3)5-7-17/h20H,4-14H2,1-3H3. The van der Waals surface area contributed by atoms with E-state index >= 15 is 0 Å². The van der Waals surface area contributed by atoms with Gasteiger partial charge in [0.2, 0.25) is 0 Å². The molecule has 0 spiro atoms. The lowest BCUT2D eigenvalue weighted by atomic mass is 10.1. The molecule has 0 aromatic rings. The molecule has 0 unspecified atom stereocenters. The van der Waals surface area contributed by atoms with Crippen LogP contribution in [0, 0.1) is 0 Å². The first-order valence-electron chi connectivity index (χ1n) is 8.00. The first-order chi connectivity index (χ1) is 9.42. The lowest BCUT2D eigenvalue weighted by Gasteiger charge is -2.39. The zero-order valence-corrected chi connectivity index (χ0v) is 13.5. The SMILES string of the molecule is CN1CCN(CCN2CCN(CC(C)(C)O)CC2)CC1. The molecule has 5 heteroatoms. The molecule has 2 saturated heterocycles. The van der Waals surface area contributed by atoms with Crippen molar-refractivity contribution in [2.24, 2.45) is 0 Å². The molecule has 0 amide bonds. The van der Waals surface area contributed by atoms with Crippen molar-refractivity contribution >= 4 is 0 Å². The van der Waals surface area contributed by atoms with Crippen molar-refractivity contribution in [3.8, 4) is 0 Å². The summed E-state index contributed by atoms with van der Waals surface area (Å²) < 4.78 is 0. The largest absolute Gasteiger partial charge is 0.389 e. The molecule has 20 heavy (non-hydrogen) atoms. The summed E-state index contributed by atoms with van der Waals surface area (Å²) in [6.45, 7) is 16.3. The van der Waals surface area contributed by atoms with Crippen LogP contribution >= 0.6 is 0 Å². The van der Waals surface area contributed by atoms with Crippen molar-refractivity contribution in [3.63, 3.8) is 0 Å². The highest BCUT2D eigenvalue weighted by molar-refractivity contribution is 4.79. The maximum Gasteiger partial charge on any atom is 0.0718 e. The Morgan fingerprint density at radius 1 is 0.750 bits per heavy atom. The van der Waals surface area contributed by atoms with Crippen LogP contribution in [0.2, 0.25) is 0 Å². The molecule has 0 saturated carbocycles. The van der Waals surface area contributed by atoms with Crippen LogP contribution in [0.1, 0.15) is 13.8 Å². The number of rotatable bonds is 5. The second kappa shape index (κ2) is 7.18. The van der Waals surface area contributed by atoms with Gasteiger partial charge in [-0.3, -0.25) is 14.7 Å². The Morgan fingerprint density at radius 3 is 1.60 bits per heavy atom. The van der Waals surface area contributed by atoms with Crippen molar-refractivity contribution in [1.82, 2.24) is 19.6 Å². The molecule has 0 bridgehead atoms. The number of aliphatic hydroxyl groups is 1. The molecule has 2 aliphatic rings. The maximum absolute atomic E-state index is 9.86. The first kappa shape index (κ1) is 16.2. The number of nitrogens with zero attached hydrogens (tertiary/aromatic N) is 4. The molecule has 1 N–H and O–H groups in total. The van der Waals surface area contributed by atoms with Crippen LogP contribution in [0.15, 0.2) is 0 Å². The van der Waals surface area contributed by atoms with Gasteiger partial charge in [0.25, 0.3) is 0 Å². The third-order valence-corrected chi connectivity index (χ3v) is 4.40. The Bertz CT molecular complexity index is 276. The predicted molar refractivity (Wildman–Crippen MR) is 83.1 cm³/mol. The Hall–Kier alpha value is -0.200. The highest BCUT2D eigenvalue weighted by Gasteiger charge is 2.23. The van der Waals surface area contributed by atoms with Crippen LogP contribution in [0.3, 0.4) is 0 Å². The van der Waals surface area contributed by atoms with E-state index in [1.807, 2.05) is 13.8 Å². The minimum Gasteiger partial charge on any atom is -0.389 e. The first-order valence-corrected chi connectivity index (χ1v) is 8.00. The summed E-state index contributed by atoms with van der Waals surface area (Å²) in [5, 5.41) is 9.86. The van der Waals surface area contributed by atoms with Crippen LogP contribution in [0.4, 0.5) is 0 Å². The Kier molecular flexibility index (Phi) is 5.81. The average Bonchev–Trinajstić information content (AvgIpc) is 2.38. The highest BCUT2D eigenvalue weighted by Crippen LogP contribution is 2.09. The molecule has 2 aliphatic heterocycles. The minimum absolute atomic E-state index is 0.567. The molecular weight excluding hydrogens is 252 g/mol. The molecule has 2 heterocycles. The monoisotopic (exact) mass is 284 g/mol. The third-order valence-electron chi connectivity index (χ3n) is 4.40. The van der Waals surface area contributed by atoms with Crippen molar-refractivity contribution in [3.05, 3.63) is 0 Å². The van der Waals surface area contributed by atoms with Crippen LogP contribution in [0.25, 0.3) is 0 Å². The molecule has 0 aromatic carbocycles. The van der Waals surface area contributed by atoms with Gasteiger partial charge in [0.15, 0.2) is 0 Å². The Labute approximate surface area is 124 Å². The normalized spacial score (nSPS) is 25.2. The highest BCUT2D eigenvalue weighted by atomic mass is 16.3. The molecule has 0 aliphatic carbocycles. The minimum atomic E-state index is -0.567. The number of piperazine rings is 2. The Morgan fingerprint density at radius 2 is 1.15 bits per heavy atom. The molecule has 0 radical (unpaired) electrons. The Balaban J connectivity index is 1.60. The second-order valence-electron chi connectivity index (χ2n) is 7.08. The van der Waals surface area contributed by atoms with Gasteiger partial charge in [0, 0.05) is 72.0 Å². The summed E-state index contributed by atoms with van der Waals surface area (Å²) in [6, 6.07) is 0. The van der Waals surface area contributed by atoms with E-state index in [2.05, 4.69) is 26.6 Å². The fraction of sp³-hybridized carbons (Fsp3) is 1.00. The number of hydrogen-bond donors (Lipinski definition) is 1. The van der Waals surface area contributed by atoms with Gasteiger partial charge < -0.3 is 10.0 Å². The van der Waals surface area contributed by atoms with E-state index in [-0.39, 0.29) is 0 Å². The van der Waals surface area contributed by atoms with Gasteiger partial charge in [-0.25, -0.2) is 0 Å². The van der Waals surface area contributed by atoms with Crippen molar-refractivity contribution in [2.75, 3.05) is 79.0 Å². The van der Waals surface area contributed by atoms with Gasteiger partial charge in [0.05, 0.1) is 5.60 Å². The summed E-state index contributed by atoms with van der Waals surface area (Å²) >= 11 is 0. The smallest absolute Gasteiger partial charge is 0.0718 e. The maximum atomic E-state index is 9.86. The molecule has 0 atom stereocenters. The second-order valence-corrected chi connectivity index (χ2v) is 7.08. The molecule has 5 nitrogen and oxygen atoms in total. The number of β-amino-alcohol motifs (C(OH)–C–C–N with tert-alkyl or cyclic N) is 1. The van der Waals surface area contributed by atoms with Crippen molar-refractivity contribution in [1.29, 1.82) is 0 Å². The molecule has 118 valence electrons. The van der Waals surface area contributed by atoms with Gasteiger partial charge in [-0.15, -0.1) is 0 Å². The van der Waals surface area contributed by atoms with E-state index in [1.165, 1.54) is 39.3 Å². The number of hydrogen-bond acceptors (Lipinski definition) is 5. The summed E-state index contributed by atoms with van der Waals surface area (Å²) in [5.74, 6) is 0. The average molecular weight is 284 g/mol. The fourth-order valence-electron chi connectivity index (χ4n) is 3.07. The molecular formula is C15H32N4O. The molecule has 0 aromatic heterocycles.